The number of H-pyrrole nitrogens is 1. The van der Waals surface area contributed by atoms with E-state index < -0.39 is 5.82 Å². The van der Waals surface area contributed by atoms with Crippen LogP contribution in [0.4, 0.5) is 4.39 Å². The van der Waals surface area contributed by atoms with Crippen LogP contribution in [0.15, 0.2) is 40.9 Å². The van der Waals surface area contributed by atoms with E-state index in [2.05, 4.69) is 15.2 Å². The SMILES string of the molecule is CCN(Cc1ccc(OC)c(F)c1)C(=O)CSc1n[nH]c(C=Cc2cccs2)n1. The Balaban J connectivity index is 1.54. The first-order valence-electron chi connectivity index (χ1n) is 8.96. The number of carbonyl (C=O) groups excluding carboxylic acids is 1. The summed E-state index contributed by atoms with van der Waals surface area (Å²) >= 11 is 2.90. The van der Waals surface area contributed by atoms with Gasteiger partial charge in [0.05, 0.1) is 12.9 Å². The predicted molar refractivity (Wildman–Crippen MR) is 114 cm³/mol. The van der Waals surface area contributed by atoms with Crippen LogP contribution in [0, 0.1) is 5.82 Å². The van der Waals surface area contributed by atoms with Gasteiger partial charge in [-0.2, -0.15) is 0 Å². The van der Waals surface area contributed by atoms with Gasteiger partial charge in [-0.05, 0) is 48.2 Å². The highest BCUT2D eigenvalue weighted by atomic mass is 32.2. The predicted octanol–water partition coefficient (Wildman–Crippen LogP) is 4.33. The summed E-state index contributed by atoms with van der Waals surface area (Å²) in [6.07, 6.45) is 3.80. The Morgan fingerprint density at radius 1 is 1.38 bits per heavy atom. The minimum absolute atomic E-state index is 0.0609. The average Bonchev–Trinajstić information content (AvgIpc) is 3.40. The summed E-state index contributed by atoms with van der Waals surface area (Å²) in [5.74, 6) is 0.529. The molecule has 3 rings (SSSR count). The number of nitrogens with one attached hydrogen (secondary N) is 1. The molecule has 1 N–H and O–H groups in total. The lowest BCUT2D eigenvalue weighted by Gasteiger charge is -2.20. The van der Waals surface area contributed by atoms with Crippen molar-refractivity contribution in [1.29, 1.82) is 0 Å². The third-order valence-corrected chi connectivity index (χ3v) is 5.75. The molecule has 0 atom stereocenters. The van der Waals surface area contributed by atoms with E-state index in [0.29, 0.717) is 29.6 Å². The van der Waals surface area contributed by atoms with Crippen LogP contribution in [0.5, 0.6) is 5.75 Å². The Morgan fingerprint density at radius 3 is 2.93 bits per heavy atom. The summed E-state index contributed by atoms with van der Waals surface area (Å²) < 4.78 is 18.8. The molecule has 0 saturated heterocycles. The van der Waals surface area contributed by atoms with Gasteiger partial charge in [0.25, 0.3) is 0 Å². The topological polar surface area (TPSA) is 71.1 Å². The maximum Gasteiger partial charge on any atom is 0.233 e. The molecule has 0 fully saturated rings. The number of thiophene rings is 1. The summed E-state index contributed by atoms with van der Waals surface area (Å²) in [6.45, 7) is 2.75. The third-order valence-electron chi connectivity index (χ3n) is 4.08. The number of nitrogens with zero attached hydrogens (tertiary/aromatic N) is 3. The Morgan fingerprint density at radius 2 is 2.24 bits per heavy atom. The number of carbonyl (C=O) groups is 1. The highest BCUT2D eigenvalue weighted by Crippen LogP contribution is 2.20. The number of thioether (sulfide) groups is 1. The van der Waals surface area contributed by atoms with Gasteiger partial charge >= 0.3 is 0 Å². The standard InChI is InChI=1S/C20H21FN4O2S2/c1-3-25(12-14-6-8-17(27-2)16(21)11-14)19(26)13-29-20-22-18(23-24-20)9-7-15-5-4-10-28-15/h4-11H,3,12-13H2,1-2H3,(H,22,23,24). The molecule has 0 aliphatic heterocycles. The largest absolute Gasteiger partial charge is 0.494 e. The zero-order valence-electron chi connectivity index (χ0n) is 16.1. The number of hydrogen-bond donors (Lipinski definition) is 1. The lowest BCUT2D eigenvalue weighted by Crippen LogP contribution is -2.31. The molecule has 152 valence electrons. The maximum absolute atomic E-state index is 13.9. The van der Waals surface area contributed by atoms with Crippen molar-refractivity contribution < 1.29 is 13.9 Å². The molecule has 3 aromatic rings. The van der Waals surface area contributed by atoms with E-state index in [4.69, 9.17) is 4.74 Å². The molecular weight excluding hydrogens is 411 g/mol. The van der Waals surface area contributed by atoms with Crippen LogP contribution >= 0.6 is 23.1 Å². The highest BCUT2D eigenvalue weighted by Gasteiger charge is 2.15. The molecule has 0 aliphatic rings. The van der Waals surface area contributed by atoms with Gasteiger partial charge in [-0.25, -0.2) is 9.37 Å². The summed E-state index contributed by atoms with van der Waals surface area (Å²) in [5, 5.41) is 9.50. The van der Waals surface area contributed by atoms with Crippen molar-refractivity contribution in [3.63, 3.8) is 0 Å². The van der Waals surface area contributed by atoms with Crippen LogP contribution in [0.25, 0.3) is 12.2 Å². The lowest BCUT2D eigenvalue weighted by atomic mass is 10.2. The quantitative estimate of drug-likeness (QED) is 0.510. The van der Waals surface area contributed by atoms with Gasteiger partial charge in [-0.1, -0.05) is 23.9 Å². The molecule has 0 spiro atoms. The van der Waals surface area contributed by atoms with Crippen molar-refractivity contribution >= 4 is 41.2 Å². The molecule has 0 saturated carbocycles. The minimum Gasteiger partial charge on any atom is -0.494 e. The number of aromatic nitrogens is 3. The second-order valence-corrected chi connectivity index (χ2v) is 7.94. The number of rotatable bonds is 9. The van der Waals surface area contributed by atoms with E-state index in [-0.39, 0.29) is 17.4 Å². The summed E-state index contributed by atoms with van der Waals surface area (Å²) in [7, 11) is 1.42. The average molecular weight is 433 g/mol. The Labute approximate surface area is 176 Å². The first-order chi connectivity index (χ1) is 14.1. The Kier molecular flexibility index (Phi) is 7.42. The van der Waals surface area contributed by atoms with Crippen molar-refractivity contribution in [1.82, 2.24) is 20.1 Å². The van der Waals surface area contributed by atoms with Crippen LogP contribution in [0.3, 0.4) is 0 Å². The highest BCUT2D eigenvalue weighted by molar-refractivity contribution is 7.99. The first kappa shape index (κ1) is 21.1. The van der Waals surface area contributed by atoms with Gasteiger partial charge in [-0.3, -0.25) is 9.89 Å². The van der Waals surface area contributed by atoms with Gasteiger partial charge < -0.3 is 9.64 Å². The summed E-state index contributed by atoms with van der Waals surface area (Å²) in [4.78, 5) is 19.7. The van der Waals surface area contributed by atoms with E-state index in [9.17, 15) is 9.18 Å². The number of ether oxygens (including phenoxy) is 1. The normalized spacial score (nSPS) is 11.1. The smallest absolute Gasteiger partial charge is 0.233 e. The van der Waals surface area contributed by atoms with E-state index in [0.717, 1.165) is 4.88 Å². The second-order valence-electron chi connectivity index (χ2n) is 6.02. The number of benzene rings is 1. The van der Waals surface area contributed by atoms with E-state index in [1.165, 1.54) is 24.9 Å². The number of aromatic amines is 1. The number of amides is 1. The fraction of sp³-hybridized carbons (Fsp3) is 0.250. The Hall–Kier alpha value is -2.65. The van der Waals surface area contributed by atoms with E-state index >= 15 is 0 Å². The molecule has 0 unspecified atom stereocenters. The van der Waals surface area contributed by atoms with Crippen molar-refractivity contribution in [3.05, 3.63) is 57.8 Å². The molecule has 0 radical (unpaired) electrons. The molecular formula is C20H21FN4O2S2. The van der Waals surface area contributed by atoms with Crippen molar-refractivity contribution in [2.24, 2.45) is 0 Å². The molecule has 0 aliphatic carbocycles. The third kappa shape index (κ3) is 5.91. The summed E-state index contributed by atoms with van der Waals surface area (Å²) in [5.41, 5.74) is 0.711. The van der Waals surface area contributed by atoms with Gasteiger partial charge in [-0.15, -0.1) is 16.4 Å². The molecule has 0 bridgehead atoms. The van der Waals surface area contributed by atoms with Crippen LogP contribution in [0.1, 0.15) is 23.2 Å². The zero-order valence-corrected chi connectivity index (χ0v) is 17.7. The van der Waals surface area contributed by atoms with Gasteiger partial charge in [0.1, 0.15) is 5.82 Å². The second kappa shape index (κ2) is 10.2. The van der Waals surface area contributed by atoms with Crippen LogP contribution in [0.2, 0.25) is 0 Å². The zero-order chi connectivity index (χ0) is 20.6. The first-order valence-corrected chi connectivity index (χ1v) is 10.8. The maximum atomic E-state index is 13.9. The molecule has 9 heteroatoms. The monoisotopic (exact) mass is 432 g/mol. The molecule has 1 aromatic carbocycles. The molecule has 2 aromatic heterocycles. The van der Waals surface area contributed by atoms with Gasteiger partial charge in [0, 0.05) is 18.0 Å². The van der Waals surface area contributed by atoms with Crippen molar-refractivity contribution in [2.75, 3.05) is 19.4 Å². The molecule has 6 nitrogen and oxygen atoms in total. The number of halogens is 1. The lowest BCUT2D eigenvalue weighted by molar-refractivity contribution is -0.128. The fourth-order valence-corrected chi connectivity index (χ4v) is 3.89. The van der Waals surface area contributed by atoms with E-state index in [1.807, 2.05) is 36.6 Å². The molecule has 29 heavy (non-hydrogen) atoms. The van der Waals surface area contributed by atoms with Crippen molar-refractivity contribution in [3.8, 4) is 5.75 Å². The summed E-state index contributed by atoms with van der Waals surface area (Å²) in [6, 6.07) is 8.71. The van der Waals surface area contributed by atoms with Crippen LogP contribution < -0.4 is 4.74 Å². The van der Waals surface area contributed by atoms with E-state index in [1.54, 1.807) is 28.4 Å². The van der Waals surface area contributed by atoms with Gasteiger partial charge in [0.15, 0.2) is 11.6 Å². The van der Waals surface area contributed by atoms with Crippen molar-refractivity contribution in [2.45, 2.75) is 18.6 Å². The van der Waals surface area contributed by atoms with Crippen LogP contribution in [-0.2, 0) is 11.3 Å². The van der Waals surface area contributed by atoms with Gasteiger partial charge in [0.2, 0.25) is 11.1 Å². The number of hydrogen-bond acceptors (Lipinski definition) is 6. The molecule has 2 heterocycles. The van der Waals surface area contributed by atoms with Crippen LogP contribution in [-0.4, -0.2) is 45.4 Å². The number of methoxy groups -OCH3 is 1. The molecule has 1 amide bonds. The Bertz CT molecular complexity index is 973. The fourth-order valence-electron chi connectivity index (χ4n) is 2.57. The minimum atomic E-state index is -0.438.